The van der Waals surface area contributed by atoms with Gasteiger partial charge < -0.3 is 19.5 Å². The Labute approximate surface area is 126 Å². The van der Waals surface area contributed by atoms with Gasteiger partial charge in [0.15, 0.2) is 5.17 Å². The molecule has 1 N–H and O–H groups in total. The number of ether oxygens (including phenoxy) is 3. The standard InChI is InChI=1S/C13H15N3O4S/c1-18-8-4-10(19-2)9(11(5-8)20-3)6-14-16-13-15-12(17)7-21-13/h4-6H,7H2,1-3H3,(H,15,16,17). The highest BCUT2D eigenvalue weighted by Crippen LogP contribution is 2.32. The summed E-state index contributed by atoms with van der Waals surface area (Å²) in [6.07, 6.45) is 1.51. The van der Waals surface area contributed by atoms with Crippen molar-refractivity contribution in [2.75, 3.05) is 27.1 Å². The number of amides is 1. The Bertz CT molecular complexity index is 576. The fourth-order valence-corrected chi connectivity index (χ4v) is 2.31. The maximum atomic E-state index is 11.0. The summed E-state index contributed by atoms with van der Waals surface area (Å²) in [6, 6.07) is 3.45. The molecule has 7 nitrogen and oxygen atoms in total. The summed E-state index contributed by atoms with van der Waals surface area (Å²) in [7, 11) is 4.66. The number of thioether (sulfide) groups is 1. The second-order valence-electron chi connectivity index (χ2n) is 3.93. The van der Waals surface area contributed by atoms with Crippen LogP contribution in [0.25, 0.3) is 0 Å². The molecule has 0 spiro atoms. The van der Waals surface area contributed by atoms with Gasteiger partial charge in [-0.1, -0.05) is 11.8 Å². The molecule has 1 heterocycles. The average molecular weight is 309 g/mol. The molecule has 0 radical (unpaired) electrons. The molecule has 0 saturated carbocycles. The van der Waals surface area contributed by atoms with Gasteiger partial charge in [-0.3, -0.25) is 4.79 Å². The normalized spacial score (nSPS) is 16.3. The van der Waals surface area contributed by atoms with Gasteiger partial charge in [0.1, 0.15) is 17.2 Å². The van der Waals surface area contributed by atoms with Crippen LogP contribution >= 0.6 is 11.8 Å². The van der Waals surface area contributed by atoms with Crippen LogP contribution in [0.15, 0.2) is 22.3 Å². The fourth-order valence-electron chi connectivity index (χ4n) is 1.68. The van der Waals surface area contributed by atoms with E-state index in [4.69, 9.17) is 14.2 Å². The molecule has 21 heavy (non-hydrogen) atoms. The molecule has 112 valence electrons. The molecular weight excluding hydrogens is 294 g/mol. The summed E-state index contributed by atoms with van der Waals surface area (Å²) < 4.78 is 15.8. The molecule has 1 fully saturated rings. The predicted molar refractivity (Wildman–Crippen MR) is 81.7 cm³/mol. The molecule has 1 aromatic carbocycles. The number of nitrogens with one attached hydrogen (secondary N) is 1. The van der Waals surface area contributed by atoms with Gasteiger partial charge in [0.25, 0.3) is 0 Å². The minimum atomic E-state index is -0.0754. The van der Waals surface area contributed by atoms with Gasteiger partial charge in [-0.05, 0) is 0 Å². The number of carbonyl (C=O) groups excluding carboxylic acids is 1. The van der Waals surface area contributed by atoms with E-state index in [0.717, 1.165) is 0 Å². The summed E-state index contributed by atoms with van der Waals surface area (Å²) in [5, 5.41) is 11.0. The zero-order chi connectivity index (χ0) is 15.2. The summed E-state index contributed by atoms with van der Waals surface area (Å²) in [5.41, 5.74) is 0.638. The zero-order valence-corrected chi connectivity index (χ0v) is 12.7. The number of benzene rings is 1. The van der Waals surface area contributed by atoms with Crippen LogP contribution < -0.4 is 19.5 Å². The second-order valence-corrected chi connectivity index (χ2v) is 4.90. The molecule has 0 bridgehead atoms. The molecule has 0 aromatic heterocycles. The summed E-state index contributed by atoms with van der Waals surface area (Å²) in [4.78, 5) is 11.0. The topological polar surface area (TPSA) is 81.5 Å². The molecule has 0 unspecified atom stereocenters. The van der Waals surface area contributed by atoms with Gasteiger partial charge in [-0.2, -0.15) is 5.10 Å². The number of amidine groups is 1. The monoisotopic (exact) mass is 309 g/mol. The summed E-state index contributed by atoms with van der Waals surface area (Å²) in [5.74, 6) is 2.01. The Hall–Kier alpha value is -2.22. The van der Waals surface area contributed by atoms with Crippen molar-refractivity contribution >= 4 is 29.1 Å². The van der Waals surface area contributed by atoms with Crippen LogP contribution in [-0.2, 0) is 4.79 Å². The molecule has 2 rings (SSSR count). The highest BCUT2D eigenvalue weighted by atomic mass is 32.2. The van der Waals surface area contributed by atoms with Gasteiger partial charge >= 0.3 is 0 Å². The number of carbonyl (C=O) groups is 1. The highest BCUT2D eigenvalue weighted by Gasteiger charge is 2.16. The molecule has 1 aromatic rings. The van der Waals surface area contributed by atoms with E-state index in [9.17, 15) is 4.79 Å². The van der Waals surface area contributed by atoms with Crippen molar-refractivity contribution in [1.82, 2.24) is 5.32 Å². The Balaban J connectivity index is 2.27. The maximum Gasteiger partial charge on any atom is 0.236 e. The van der Waals surface area contributed by atoms with Crippen LogP contribution in [-0.4, -0.2) is 44.4 Å². The van der Waals surface area contributed by atoms with Crippen molar-refractivity contribution in [3.63, 3.8) is 0 Å². The van der Waals surface area contributed by atoms with E-state index >= 15 is 0 Å². The minimum absolute atomic E-state index is 0.0754. The number of methoxy groups -OCH3 is 3. The van der Waals surface area contributed by atoms with E-state index in [2.05, 4.69) is 15.5 Å². The number of rotatable bonds is 5. The first-order valence-corrected chi connectivity index (χ1v) is 7.00. The largest absolute Gasteiger partial charge is 0.496 e. The van der Waals surface area contributed by atoms with E-state index in [1.54, 1.807) is 33.5 Å². The molecule has 1 saturated heterocycles. The molecule has 1 amide bonds. The lowest BCUT2D eigenvalue weighted by Crippen LogP contribution is -2.19. The minimum Gasteiger partial charge on any atom is -0.496 e. The maximum absolute atomic E-state index is 11.0. The Morgan fingerprint density at radius 2 is 1.86 bits per heavy atom. The third kappa shape index (κ3) is 3.66. The lowest BCUT2D eigenvalue weighted by molar-refractivity contribution is -0.116. The van der Waals surface area contributed by atoms with Gasteiger partial charge in [-0.15, -0.1) is 5.10 Å². The second kappa shape index (κ2) is 6.98. The number of hydrogen-bond acceptors (Lipinski definition) is 7. The van der Waals surface area contributed by atoms with Gasteiger partial charge in [-0.25, -0.2) is 0 Å². The SMILES string of the molecule is COc1cc(OC)c(C=NN=C2NC(=O)CS2)c(OC)c1. The molecular formula is C13H15N3O4S. The molecule has 0 aliphatic carbocycles. The van der Waals surface area contributed by atoms with E-state index < -0.39 is 0 Å². The quantitative estimate of drug-likeness (QED) is 0.654. The zero-order valence-electron chi connectivity index (χ0n) is 11.9. The van der Waals surface area contributed by atoms with E-state index in [-0.39, 0.29) is 5.91 Å². The first-order valence-electron chi connectivity index (χ1n) is 6.01. The molecule has 1 aliphatic rings. The van der Waals surface area contributed by atoms with E-state index in [0.29, 0.717) is 33.7 Å². The van der Waals surface area contributed by atoms with Crippen LogP contribution in [0.2, 0.25) is 0 Å². The van der Waals surface area contributed by atoms with Crippen molar-refractivity contribution in [1.29, 1.82) is 0 Å². The van der Waals surface area contributed by atoms with E-state index in [1.165, 1.54) is 18.0 Å². The van der Waals surface area contributed by atoms with Crippen LogP contribution in [0.1, 0.15) is 5.56 Å². The van der Waals surface area contributed by atoms with Gasteiger partial charge in [0.05, 0.1) is 38.9 Å². The van der Waals surface area contributed by atoms with Crippen molar-refractivity contribution in [2.24, 2.45) is 10.2 Å². The van der Waals surface area contributed by atoms with Gasteiger partial charge in [0, 0.05) is 12.1 Å². The van der Waals surface area contributed by atoms with Crippen LogP contribution in [0.3, 0.4) is 0 Å². The smallest absolute Gasteiger partial charge is 0.236 e. The molecule has 0 atom stereocenters. The number of hydrogen-bond donors (Lipinski definition) is 1. The molecule has 1 aliphatic heterocycles. The predicted octanol–water partition coefficient (Wildman–Crippen LogP) is 1.27. The van der Waals surface area contributed by atoms with Crippen LogP contribution in [0.4, 0.5) is 0 Å². The van der Waals surface area contributed by atoms with Gasteiger partial charge in [0.2, 0.25) is 5.91 Å². The lowest BCUT2D eigenvalue weighted by atomic mass is 10.2. The molecule has 8 heteroatoms. The van der Waals surface area contributed by atoms with Crippen molar-refractivity contribution < 1.29 is 19.0 Å². The fraction of sp³-hybridized carbons (Fsp3) is 0.308. The Kier molecular flexibility index (Phi) is 5.04. The first kappa shape index (κ1) is 15.2. The first-order chi connectivity index (χ1) is 10.2. The van der Waals surface area contributed by atoms with Crippen LogP contribution in [0.5, 0.6) is 17.2 Å². The van der Waals surface area contributed by atoms with Crippen molar-refractivity contribution in [2.45, 2.75) is 0 Å². The van der Waals surface area contributed by atoms with Crippen molar-refractivity contribution in [3.05, 3.63) is 17.7 Å². The lowest BCUT2D eigenvalue weighted by Gasteiger charge is -2.11. The van der Waals surface area contributed by atoms with Crippen molar-refractivity contribution in [3.8, 4) is 17.2 Å². The number of nitrogens with zero attached hydrogens (tertiary/aromatic N) is 2. The highest BCUT2D eigenvalue weighted by molar-refractivity contribution is 8.15. The third-order valence-corrected chi connectivity index (χ3v) is 3.54. The summed E-state index contributed by atoms with van der Waals surface area (Å²) in [6.45, 7) is 0. The van der Waals surface area contributed by atoms with E-state index in [1.807, 2.05) is 0 Å². The Morgan fingerprint density at radius 1 is 1.19 bits per heavy atom. The Morgan fingerprint density at radius 3 is 2.33 bits per heavy atom. The average Bonchev–Trinajstić information content (AvgIpc) is 2.92. The third-order valence-electron chi connectivity index (χ3n) is 2.67. The van der Waals surface area contributed by atoms with Crippen LogP contribution in [0, 0.1) is 0 Å². The summed E-state index contributed by atoms with van der Waals surface area (Å²) >= 11 is 1.30.